The van der Waals surface area contributed by atoms with Gasteiger partial charge in [0.25, 0.3) is 0 Å². The molecule has 0 atom stereocenters. The quantitative estimate of drug-likeness (QED) is 0.167. The van der Waals surface area contributed by atoms with Gasteiger partial charge in [-0.05, 0) is 35.4 Å². The standard InChI is InChI=1S/C33H33N5O6/c1-23(39)42-18-29(19-43-24(2)40)44-22-37-21-36-30-32(37)34-20-35-33(30)38(27-14-16-28(41-3)17-15-27)31(25-10-6-4-7-11-25)26-12-8-5-9-13-26/h4-17,20-21,29,31H,18-19,22H2,1-3H3. The summed E-state index contributed by atoms with van der Waals surface area (Å²) in [7, 11) is 1.63. The van der Waals surface area contributed by atoms with Crippen LogP contribution in [0.5, 0.6) is 5.75 Å². The molecule has 0 radical (unpaired) electrons. The van der Waals surface area contributed by atoms with Crippen molar-refractivity contribution >= 4 is 34.6 Å². The van der Waals surface area contributed by atoms with Crippen LogP contribution in [0.15, 0.2) is 97.6 Å². The van der Waals surface area contributed by atoms with Crippen LogP contribution < -0.4 is 9.64 Å². The number of carbonyl (C=O) groups is 2. The van der Waals surface area contributed by atoms with Crippen LogP contribution in [0.2, 0.25) is 0 Å². The third-order valence-electron chi connectivity index (χ3n) is 6.84. The van der Waals surface area contributed by atoms with Gasteiger partial charge in [-0.3, -0.25) is 14.2 Å². The molecule has 0 spiro atoms. The SMILES string of the molecule is COc1ccc(N(c2ncnc3c2ncn3COC(COC(C)=O)COC(C)=O)C(c2ccccc2)c2ccccc2)cc1. The molecule has 0 aliphatic heterocycles. The molecule has 0 N–H and O–H groups in total. The van der Waals surface area contributed by atoms with Crippen molar-refractivity contribution in [2.24, 2.45) is 0 Å². The highest BCUT2D eigenvalue weighted by molar-refractivity contribution is 5.87. The number of fused-ring (bicyclic) bond motifs is 1. The van der Waals surface area contributed by atoms with Crippen LogP contribution in [-0.2, 0) is 30.5 Å². The third-order valence-corrected chi connectivity index (χ3v) is 6.84. The molecule has 0 amide bonds. The summed E-state index contributed by atoms with van der Waals surface area (Å²) in [6, 6.07) is 27.9. The maximum Gasteiger partial charge on any atom is 0.302 e. The molecule has 0 aliphatic rings. The zero-order valence-electron chi connectivity index (χ0n) is 24.7. The summed E-state index contributed by atoms with van der Waals surface area (Å²) in [5.74, 6) is 0.401. The van der Waals surface area contributed by atoms with E-state index in [4.69, 9.17) is 28.9 Å². The van der Waals surface area contributed by atoms with Crippen LogP contribution in [0.4, 0.5) is 11.5 Å². The number of imidazole rings is 1. The molecule has 0 bridgehead atoms. The summed E-state index contributed by atoms with van der Waals surface area (Å²) in [5, 5.41) is 0. The average Bonchev–Trinajstić information content (AvgIpc) is 3.47. The lowest BCUT2D eigenvalue weighted by Crippen LogP contribution is -2.28. The highest BCUT2D eigenvalue weighted by Crippen LogP contribution is 2.40. The second-order valence-electron chi connectivity index (χ2n) is 9.90. The normalized spacial score (nSPS) is 11.1. The van der Waals surface area contributed by atoms with Gasteiger partial charge in [0, 0.05) is 19.5 Å². The van der Waals surface area contributed by atoms with E-state index in [1.807, 2.05) is 60.7 Å². The second kappa shape index (κ2) is 14.3. The minimum atomic E-state index is -0.683. The maximum absolute atomic E-state index is 11.4. The Morgan fingerprint density at radius 2 is 1.39 bits per heavy atom. The lowest BCUT2D eigenvalue weighted by atomic mass is 9.96. The summed E-state index contributed by atoms with van der Waals surface area (Å²) in [5.41, 5.74) is 4.08. The van der Waals surface area contributed by atoms with Crippen molar-refractivity contribution in [3.8, 4) is 5.75 Å². The van der Waals surface area contributed by atoms with Gasteiger partial charge in [-0.2, -0.15) is 0 Å². The van der Waals surface area contributed by atoms with Crippen LogP contribution >= 0.6 is 0 Å². The van der Waals surface area contributed by atoms with E-state index in [2.05, 4.69) is 34.1 Å². The van der Waals surface area contributed by atoms with E-state index in [0.29, 0.717) is 17.0 Å². The Balaban J connectivity index is 1.56. The van der Waals surface area contributed by atoms with Gasteiger partial charge in [-0.25, -0.2) is 15.0 Å². The van der Waals surface area contributed by atoms with Crippen molar-refractivity contribution in [3.05, 3.63) is 109 Å². The van der Waals surface area contributed by atoms with E-state index in [9.17, 15) is 9.59 Å². The summed E-state index contributed by atoms with van der Waals surface area (Å²) < 4.78 is 23.3. The summed E-state index contributed by atoms with van der Waals surface area (Å²) in [4.78, 5) is 38.9. The Labute approximate surface area is 255 Å². The number of hydrogen-bond acceptors (Lipinski definition) is 10. The Kier molecular flexibility index (Phi) is 9.78. The van der Waals surface area contributed by atoms with Gasteiger partial charge in [-0.1, -0.05) is 60.7 Å². The van der Waals surface area contributed by atoms with Crippen molar-refractivity contribution in [3.63, 3.8) is 0 Å². The zero-order chi connectivity index (χ0) is 30.9. The Bertz CT molecular complexity index is 1620. The number of hydrogen-bond donors (Lipinski definition) is 0. The molecule has 44 heavy (non-hydrogen) atoms. The smallest absolute Gasteiger partial charge is 0.302 e. The van der Waals surface area contributed by atoms with Crippen molar-refractivity contribution in [1.29, 1.82) is 0 Å². The van der Waals surface area contributed by atoms with Crippen LogP contribution in [0, 0.1) is 0 Å². The molecule has 226 valence electrons. The lowest BCUT2D eigenvalue weighted by molar-refractivity contribution is -0.154. The number of nitrogens with zero attached hydrogens (tertiary/aromatic N) is 5. The molecule has 5 aromatic rings. The molecule has 0 saturated heterocycles. The van der Waals surface area contributed by atoms with Gasteiger partial charge in [0.05, 0.1) is 19.5 Å². The van der Waals surface area contributed by atoms with Crippen LogP contribution in [-0.4, -0.2) is 57.9 Å². The summed E-state index contributed by atoms with van der Waals surface area (Å²) in [6.07, 6.45) is 2.43. The summed E-state index contributed by atoms with van der Waals surface area (Å²) >= 11 is 0. The number of benzene rings is 3. The zero-order valence-corrected chi connectivity index (χ0v) is 24.7. The van der Waals surface area contributed by atoms with Gasteiger partial charge in [0.1, 0.15) is 38.1 Å². The average molecular weight is 596 g/mol. The van der Waals surface area contributed by atoms with E-state index in [-0.39, 0.29) is 26.0 Å². The first-order chi connectivity index (χ1) is 21.4. The van der Waals surface area contributed by atoms with Crippen molar-refractivity contribution in [2.45, 2.75) is 32.7 Å². The molecule has 3 aromatic carbocycles. The van der Waals surface area contributed by atoms with E-state index in [1.165, 1.54) is 20.2 Å². The van der Waals surface area contributed by atoms with Crippen molar-refractivity contribution in [1.82, 2.24) is 19.5 Å². The minimum Gasteiger partial charge on any atom is -0.497 e. The molecule has 0 saturated carbocycles. The molecule has 5 rings (SSSR count). The molecule has 2 heterocycles. The molecule has 0 fully saturated rings. The Morgan fingerprint density at radius 3 is 1.93 bits per heavy atom. The van der Waals surface area contributed by atoms with Gasteiger partial charge < -0.3 is 23.8 Å². The number of rotatable bonds is 13. The van der Waals surface area contributed by atoms with E-state index < -0.39 is 18.0 Å². The number of carbonyl (C=O) groups excluding carboxylic acids is 2. The monoisotopic (exact) mass is 595 g/mol. The molecule has 11 nitrogen and oxygen atoms in total. The first-order valence-corrected chi connectivity index (χ1v) is 14.0. The van der Waals surface area contributed by atoms with Gasteiger partial charge in [-0.15, -0.1) is 0 Å². The fourth-order valence-electron chi connectivity index (χ4n) is 4.79. The number of ether oxygens (including phenoxy) is 4. The van der Waals surface area contributed by atoms with Crippen LogP contribution in [0.25, 0.3) is 11.2 Å². The maximum atomic E-state index is 11.4. The largest absolute Gasteiger partial charge is 0.497 e. The predicted molar refractivity (Wildman–Crippen MR) is 163 cm³/mol. The van der Waals surface area contributed by atoms with Crippen molar-refractivity contribution in [2.75, 3.05) is 25.2 Å². The third kappa shape index (κ3) is 7.19. The van der Waals surface area contributed by atoms with E-state index in [0.717, 1.165) is 22.6 Å². The summed E-state index contributed by atoms with van der Waals surface area (Å²) in [6.45, 7) is 2.48. The van der Waals surface area contributed by atoms with E-state index >= 15 is 0 Å². The molecule has 2 aromatic heterocycles. The predicted octanol–water partition coefficient (Wildman–Crippen LogP) is 5.23. The number of methoxy groups -OCH3 is 1. The Morgan fingerprint density at radius 1 is 0.795 bits per heavy atom. The molecule has 11 heteroatoms. The Hall–Kier alpha value is -5.29. The first kappa shape index (κ1) is 30.2. The molecule has 0 unspecified atom stereocenters. The highest BCUT2D eigenvalue weighted by Gasteiger charge is 2.28. The van der Waals surface area contributed by atoms with Gasteiger partial charge in [0.2, 0.25) is 0 Å². The van der Waals surface area contributed by atoms with E-state index in [1.54, 1.807) is 18.0 Å². The van der Waals surface area contributed by atoms with Crippen LogP contribution in [0.1, 0.15) is 31.0 Å². The van der Waals surface area contributed by atoms with Crippen molar-refractivity contribution < 1.29 is 28.5 Å². The first-order valence-electron chi connectivity index (χ1n) is 14.0. The molecule has 0 aliphatic carbocycles. The number of aromatic nitrogens is 4. The fraction of sp³-hybridized carbons (Fsp3) is 0.242. The van der Waals surface area contributed by atoms with Gasteiger partial charge in [0.15, 0.2) is 17.0 Å². The van der Waals surface area contributed by atoms with Gasteiger partial charge >= 0.3 is 11.9 Å². The fourth-order valence-corrected chi connectivity index (χ4v) is 4.79. The lowest BCUT2D eigenvalue weighted by Gasteiger charge is -2.34. The minimum absolute atomic E-state index is 0.0173. The molecular formula is C33H33N5O6. The van der Waals surface area contributed by atoms with Crippen LogP contribution in [0.3, 0.4) is 0 Å². The number of esters is 2. The topological polar surface area (TPSA) is 118 Å². The number of anilines is 2. The highest BCUT2D eigenvalue weighted by atomic mass is 16.6. The second-order valence-corrected chi connectivity index (χ2v) is 9.90. The molecular weight excluding hydrogens is 562 g/mol.